The molecular formula is C7H7F4N3O. The summed E-state index contributed by atoms with van der Waals surface area (Å²) in [6.07, 6.45) is -4.92. The van der Waals surface area contributed by atoms with Gasteiger partial charge in [0.1, 0.15) is 0 Å². The maximum Gasteiger partial charge on any atom is 0.573 e. The molecule has 15 heavy (non-hydrogen) atoms. The highest BCUT2D eigenvalue weighted by atomic mass is 19.4. The molecule has 0 aromatic carbocycles. The minimum atomic E-state index is -4.92. The van der Waals surface area contributed by atoms with Crippen LogP contribution in [0.4, 0.5) is 23.4 Å². The van der Waals surface area contributed by atoms with Gasteiger partial charge in [-0.05, 0) is 0 Å². The molecule has 1 aromatic heterocycles. The van der Waals surface area contributed by atoms with E-state index in [2.05, 4.69) is 9.72 Å². The molecule has 1 aromatic rings. The van der Waals surface area contributed by atoms with Crippen molar-refractivity contribution < 1.29 is 22.3 Å². The molecule has 0 atom stereocenters. The Morgan fingerprint density at radius 3 is 2.47 bits per heavy atom. The van der Waals surface area contributed by atoms with Gasteiger partial charge in [-0.1, -0.05) is 0 Å². The highest BCUT2D eigenvalue weighted by Gasteiger charge is 2.33. The van der Waals surface area contributed by atoms with Gasteiger partial charge in [0.05, 0.1) is 0 Å². The molecule has 0 spiro atoms. The molecule has 4 nitrogen and oxygen atoms in total. The lowest BCUT2D eigenvalue weighted by Gasteiger charge is -2.13. The number of rotatable bonds is 2. The summed E-state index contributed by atoms with van der Waals surface area (Å²) in [5.41, 5.74) is 9.99. The van der Waals surface area contributed by atoms with Gasteiger partial charge in [0.25, 0.3) is 0 Å². The SMILES string of the molecule is NCc1cc(F)nc(N)c1OC(F)(F)F. The maximum absolute atomic E-state index is 12.6. The lowest BCUT2D eigenvalue weighted by Crippen LogP contribution is -2.20. The molecule has 0 bridgehead atoms. The van der Waals surface area contributed by atoms with Crippen molar-refractivity contribution in [1.29, 1.82) is 0 Å². The van der Waals surface area contributed by atoms with Gasteiger partial charge in [-0.3, -0.25) is 0 Å². The van der Waals surface area contributed by atoms with Crippen molar-refractivity contribution in [2.75, 3.05) is 5.73 Å². The molecule has 0 aliphatic rings. The number of nitrogens with zero attached hydrogens (tertiary/aromatic N) is 1. The van der Waals surface area contributed by atoms with E-state index in [1.165, 1.54) is 0 Å². The molecule has 0 radical (unpaired) electrons. The summed E-state index contributed by atoms with van der Waals surface area (Å²) in [5.74, 6) is -2.46. The second-order valence-corrected chi connectivity index (χ2v) is 2.57. The predicted octanol–water partition coefficient (Wildman–Crippen LogP) is 1.16. The molecule has 1 rings (SSSR count). The first kappa shape index (κ1) is 11.5. The Balaban J connectivity index is 3.15. The first-order valence-corrected chi connectivity index (χ1v) is 3.74. The number of anilines is 1. The summed E-state index contributed by atoms with van der Waals surface area (Å²) in [6.45, 7) is -0.338. The number of ether oxygens (including phenoxy) is 1. The van der Waals surface area contributed by atoms with Crippen LogP contribution >= 0.6 is 0 Å². The van der Waals surface area contributed by atoms with Crippen molar-refractivity contribution in [1.82, 2.24) is 4.98 Å². The quantitative estimate of drug-likeness (QED) is 0.585. The molecule has 4 N–H and O–H groups in total. The molecule has 0 aliphatic carbocycles. The third-order valence-corrected chi connectivity index (χ3v) is 1.48. The molecule has 0 aliphatic heterocycles. The number of alkyl halides is 3. The van der Waals surface area contributed by atoms with Crippen LogP contribution in [0.25, 0.3) is 0 Å². The van der Waals surface area contributed by atoms with Gasteiger partial charge in [-0.2, -0.15) is 9.37 Å². The Morgan fingerprint density at radius 2 is 2.00 bits per heavy atom. The smallest absolute Gasteiger partial charge is 0.401 e. The van der Waals surface area contributed by atoms with Crippen LogP contribution in [0, 0.1) is 5.95 Å². The number of pyridine rings is 1. The van der Waals surface area contributed by atoms with Crippen LogP contribution in [0.15, 0.2) is 6.07 Å². The zero-order valence-electron chi connectivity index (χ0n) is 7.31. The minimum Gasteiger partial charge on any atom is -0.401 e. The molecule has 1 heterocycles. The van der Waals surface area contributed by atoms with Gasteiger partial charge >= 0.3 is 6.36 Å². The van der Waals surface area contributed by atoms with Crippen molar-refractivity contribution in [3.05, 3.63) is 17.6 Å². The fourth-order valence-corrected chi connectivity index (χ4v) is 0.957. The predicted molar refractivity (Wildman–Crippen MR) is 43.2 cm³/mol. The van der Waals surface area contributed by atoms with Crippen LogP contribution in [0.1, 0.15) is 5.56 Å². The molecule has 0 fully saturated rings. The largest absolute Gasteiger partial charge is 0.573 e. The van der Waals surface area contributed by atoms with E-state index in [9.17, 15) is 17.6 Å². The average molecular weight is 225 g/mol. The molecule has 0 amide bonds. The van der Waals surface area contributed by atoms with E-state index in [4.69, 9.17) is 11.5 Å². The van der Waals surface area contributed by atoms with E-state index >= 15 is 0 Å². The van der Waals surface area contributed by atoms with E-state index in [1.807, 2.05) is 0 Å². The lowest BCUT2D eigenvalue weighted by atomic mass is 10.2. The van der Waals surface area contributed by atoms with Crippen LogP contribution in [-0.2, 0) is 6.54 Å². The van der Waals surface area contributed by atoms with Gasteiger partial charge in [0, 0.05) is 18.2 Å². The Hall–Kier alpha value is -1.57. The lowest BCUT2D eigenvalue weighted by molar-refractivity contribution is -0.274. The first-order chi connectivity index (χ1) is 6.83. The first-order valence-electron chi connectivity index (χ1n) is 3.74. The van der Waals surface area contributed by atoms with E-state index < -0.39 is 23.9 Å². The Labute approximate surface area is 81.8 Å². The Bertz CT molecular complexity index is 366. The number of nitrogens with two attached hydrogens (primary N) is 2. The van der Waals surface area contributed by atoms with Crippen LogP contribution in [0.3, 0.4) is 0 Å². The van der Waals surface area contributed by atoms with E-state index in [0.29, 0.717) is 0 Å². The summed E-state index contributed by atoms with van der Waals surface area (Å²) >= 11 is 0. The third kappa shape index (κ3) is 2.94. The molecule has 0 unspecified atom stereocenters. The molecule has 0 saturated heterocycles. The number of halogens is 4. The monoisotopic (exact) mass is 225 g/mol. The summed E-state index contributed by atoms with van der Waals surface area (Å²) in [7, 11) is 0. The maximum atomic E-state index is 12.6. The Kier molecular flexibility index (Phi) is 2.98. The van der Waals surface area contributed by atoms with Gasteiger partial charge in [-0.25, -0.2) is 0 Å². The summed E-state index contributed by atoms with van der Waals surface area (Å²) in [4.78, 5) is 3.00. The number of nitrogen functional groups attached to an aromatic ring is 1. The topological polar surface area (TPSA) is 74.2 Å². The van der Waals surface area contributed by atoms with E-state index in [1.54, 1.807) is 0 Å². The highest BCUT2D eigenvalue weighted by Crippen LogP contribution is 2.30. The number of hydrogen-bond donors (Lipinski definition) is 2. The van der Waals surface area contributed by atoms with Crippen molar-refractivity contribution in [3.8, 4) is 5.75 Å². The normalized spacial score (nSPS) is 11.5. The summed E-state index contributed by atoms with van der Waals surface area (Å²) < 4.78 is 51.9. The van der Waals surface area contributed by atoms with Gasteiger partial charge in [0.15, 0.2) is 11.6 Å². The highest BCUT2D eigenvalue weighted by molar-refractivity contribution is 5.51. The molecule has 84 valence electrons. The molecular weight excluding hydrogens is 218 g/mol. The fraction of sp³-hybridized carbons (Fsp3) is 0.286. The zero-order chi connectivity index (χ0) is 11.6. The van der Waals surface area contributed by atoms with Crippen molar-refractivity contribution in [3.63, 3.8) is 0 Å². The Morgan fingerprint density at radius 1 is 1.40 bits per heavy atom. The van der Waals surface area contributed by atoms with Gasteiger partial charge in [-0.15, -0.1) is 13.2 Å². The van der Waals surface area contributed by atoms with Crippen LogP contribution in [-0.4, -0.2) is 11.3 Å². The van der Waals surface area contributed by atoms with E-state index in [0.717, 1.165) is 6.07 Å². The van der Waals surface area contributed by atoms with Crippen molar-refractivity contribution in [2.24, 2.45) is 5.73 Å². The second-order valence-electron chi connectivity index (χ2n) is 2.57. The molecule has 0 saturated carbocycles. The van der Waals surface area contributed by atoms with Crippen molar-refractivity contribution >= 4 is 5.82 Å². The second kappa shape index (κ2) is 3.89. The van der Waals surface area contributed by atoms with E-state index in [-0.39, 0.29) is 12.1 Å². The van der Waals surface area contributed by atoms with Gasteiger partial charge < -0.3 is 16.2 Å². The molecule has 8 heteroatoms. The summed E-state index contributed by atoms with van der Waals surface area (Å²) in [6, 6.07) is 0.734. The number of aromatic nitrogens is 1. The van der Waals surface area contributed by atoms with Crippen molar-refractivity contribution in [2.45, 2.75) is 12.9 Å². The van der Waals surface area contributed by atoms with Crippen LogP contribution in [0.5, 0.6) is 5.75 Å². The average Bonchev–Trinajstić information content (AvgIpc) is 2.07. The van der Waals surface area contributed by atoms with Crippen LogP contribution in [0.2, 0.25) is 0 Å². The zero-order valence-corrected chi connectivity index (χ0v) is 7.31. The minimum absolute atomic E-state index is 0.197. The fourth-order valence-electron chi connectivity index (χ4n) is 0.957. The van der Waals surface area contributed by atoms with Crippen LogP contribution < -0.4 is 16.2 Å². The number of hydrogen-bond acceptors (Lipinski definition) is 4. The van der Waals surface area contributed by atoms with Gasteiger partial charge in [0.2, 0.25) is 5.95 Å². The summed E-state index contributed by atoms with van der Waals surface area (Å²) in [5, 5.41) is 0. The standard InChI is InChI=1S/C7H7F4N3O/c8-4-1-3(2-12)5(6(13)14-4)15-7(9,10)11/h1H,2,12H2,(H2,13,14). The third-order valence-electron chi connectivity index (χ3n) is 1.48.